The average Bonchev–Trinajstić information content (AvgIpc) is 2.19. The quantitative estimate of drug-likeness (QED) is 0.527. The van der Waals surface area contributed by atoms with Gasteiger partial charge < -0.3 is 4.74 Å². The summed E-state index contributed by atoms with van der Waals surface area (Å²) >= 11 is 0. The van der Waals surface area contributed by atoms with Crippen molar-refractivity contribution < 1.29 is 9.57 Å². The molecule has 1 aliphatic rings. The first-order valence-corrected chi connectivity index (χ1v) is 2.87. The molecule has 8 heavy (non-hydrogen) atoms. The van der Waals surface area contributed by atoms with Crippen molar-refractivity contribution in [1.29, 1.82) is 0 Å². The highest BCUT2D eigenvalue weighted by Crippen LogP contribution is 2.10. The Hall–Kier alpha value is -0.120. The molecular formula is C5H11NO2. The zero-order valence-corrected chi connectivity index (χ0v) is 5.02. The second-order valence-electron chi connectivity index (χ2n) is 1.76. The van der Waals surface area contributed by atoms with Gasteiger partial charge in [0.2, 0.25) is 0 Å². The molecule has 48 valence electrons. The molecule has 0 radical (unpaired) electrons. The molecule has 1 atom stereocenters. The number of rotatable bonds is 2. The summed E-state index contributed by atoms with van der Waals surface area (Å²) in [5, 5.41) is 0. The lowest BCUT2D eigenvalue weighted by Crippen LogP contribution is -2.18. The monoisotopic (exact) mass is 117 g/mol. The number of hydroxylamine groups is 1. The van der Waals surface area contributed by atoms with Crippen LogP contribution in [0.4, 0.5) is 0 Å². The van der Waals surface area contributed by atoms with Crippen LogP contribution in [0.15, 0.2) is 0 Å². The van der Waals surface area contributed by atoms with Gasteiger partial charge in [-0.25, -0.2) is 5.48 Å². The zero-order valence-electron chi connectivity index (χ0n) is 5.02. The molecule has 1 fully saturated rings. The van der Waals surface area contributed by atoms with E-state index in [4.69, 9.17) is 9.57 Å². The summed E-state index contributed by atoms with van der Waals surface area (Å²) in [5.41, 5.74) is 2.58. The molecular weight excluding hydrogens is 106 g/mol. The van der Waals surface area contributed by atoms with Crippen molar-refractivity contribution in [3.05, 3.63) is 0 Å². The van der Waals surface area contributed by atoms with E-state index in [9.17, 15) is 0 Å². The Morgan fingerprint density at radius 3 is 3.12 bits per heavy atom. The van der Waals surface area contributed by atoms with Crippen LogP contribution in [-0.2, 0) is 9.57 Å². The minimum atomic E-state index is -0.000000000000000222. The Morgan fingerprint density at radius 1 is 1.75 bits per heavy atom. The van der Waals surface area contributed by atoms with E-state index in [1.807, 2.05) is 0 Å². The van der Waals surface area contributed by atoms with E-state index in [1.165, 1.54) is 0 Å². The predicted molar refractivity (Wildman–Crippen MR) is 29.1 cm³/mol. The van der Waals surface area contributed by atoms with E-state index >= 15 is 0 Å². The molecule has 1 N–H and O–H groups in total. The Kier molecular flexibility index (Phi) is 2.27. The topological polar surface area (TPSA) is 30.5 Å². The SMILES string of the molecule is CNOC1CCCO1. The maximum Gasteiger partial charge on any atom is 0.177 e. The van der Waals surface area contributed by atoms with Crippen LogP contribution >= 0.6 is 0 Å². The lowest BCUT2D eigenvalue weighted by atomic mass is 10.4. The van der Waals surface area contributed by atoms with Crippen molar-refractivity contribution in [3.8, 4) is 0 Å². The maximum atomic E-state index is 5.11. The molecule has 1 aliphatic heterocycles. The van der Waals surface area contributed by atoms with Gasteiger partial charge in [0.25, 0.3) is 0 Å². The van der Waals surface area contributed by atoms with E-state index in [1.54, 1.807) is 7.05 Å². The maximum absolute atomic E-state index is 5.11. The van der Waals surface area contributed by atoms with Gasteiger partial charge in [0.05, 0.1) is 6.61 Å². The second kappa shape index (κ2) is 3.02. The first-order chi connectivity index (χ1) is 3.93. The highest BCUT2D eigenvalue weighted by Gasteiger charge is 2.14. The van der Waals surface area contributed by atoms with Gasteiger partial charge >= 0.3 is 0 Å². The van der Waals surface area contributed by atoms with Crippen LogP contribution in [0.3, 0.4) is 0 Å². The van der Waals surface area contributed by atoms with Gasteiger partial charge in [-0.1, -0.05) is 0 Å². The van der Waals surface area contributed by atoms with E-state index in [-0.39, 0.29) is 6.29 Å². The Labute approximate surface area is 48.9 Å². The summed E-state index contributed by atoms with van der Waals surface area (Å²) in [6.45, 7) is 0.840. The van der Waals surface area contributed by atoms with E-state index in [0.717, 1.165) is 19.4 Å². The fourth-order valence-corrected chi connectivity index (χ4v) is 0.773. The first kappa shape index (κ1) is 6.01. The molecule has 1 unspecified atom stereocenters. The summed E-state index contributed by atoms with van der Waals surface area (Å²) in [6, 6.07) is 0. The summed E-state index contributed by atoms with van der Waals surface area (Å²) < 4.78 is 5.11. The van der Waals surface area contributed by atoms with Gasteiger partial charge in [-0.05, 0) is 6.42 Å². The molecule has 0 saturated carbocycles. The predicted octanol–water partition coefficient (Wildman–Crippen LogP) is 0.274. The van der Waals surface area contributed by atoms with Gasteiger partial charge in [-0.3, -0.25) is 4.84 Å². The standard InChI is InChI=1S/C5H11NO2/c1-6-8-5-3-2-4-7-5/h5-6H,2-4H2,1H3. The van der Waals surface area contributed by atoms with Crippen LogP contribution in [-0.4, -0.2) is 19.9 Å². The van der Waals surface area contributed by atoms with Crippen molar-refractivity contribution in [2.45, 2.75) is 19.1 Å². The third-order valence-corrected chi connectivity index (χ3v) is 1.14. The van der Waals surface area contributed by atoms with Gasteiger partial charge in [-0.2, -0.15) is 0 Å². The molecule has 0 bridgehead atoms. The van der Waals surface area contributed by atoms with Crippen molar-refractivity contribution in [1.82, 2.24) is 5.48 Å². The lowest BCUT2D eigenvalue weighted by Gasteiger charge is -2.06. The normalized spacial score (nSPS) is 28.9. The fraction of sp³-hybridized carbons (Fsp3) is 1.00. The van der Waals surface area contributed by atoms with Crippen molar-refractivity contribution in [2.75, 3.05) is 13.7 Å². The molecule has 0 spiro atoms. The lowest BCUT2D eigenvalue weighted by molar-refractivity contribution is -0.147. The third-order valence-electron chi connectivity index (χ3n) is 1.14. The van der Waals surface area contributed by atoms with Gasteiger partial charge in [0, 0.05) is 13.5 Å². The van der Waals surface area contributed by atoms with Crippen LogP contribution in [0.2, 0.25) is 0 Å². The van der Waals surface area contributed by atoms with Crippen molar-refractivity contribution in [2.24, 2.45) is 0 Å². The molecule has 0 amide bonds. The van der Waals surface area contributed by atoms with Gasteiger partial charge in [0.1, 0.15) is 0 Å². The molecule has 0 aromatic heterocycles. The highest BCUT2D eigenvalue weighted by atomic mass is 16.8. The minimum Gasteiger partial charge on any atom is -0.351 e. The van der Waals surface area contributed by atoms with Crippen LogP contribution in [0.1, 0.15) is 12.8 Å². The number of hydrogen-bond acceptors (Lipinski definition) is 3. The summed E-state index contributed by atoms with van der Waals surface area (Å²) in [5.74, 6) is 0. The molecule has 0 aromatic carbocycles. The smallest absolute Gasteiger partial charge is 0.177 e. The molecule has 1 saturated heterocycles. The highest BCUT2D eigenvalue weighted by molar-refractivity contribution is 4.52. The first-order valence-electron chi connectivity index (χ1n) is 2.87. The summed E-state index contributed by atoms with van der Waals surface area (Å²) in [6.07, 6.45) is 2.13. The Balaban J connectivity index is 2.06. The molecule has 0 aliphatic carbocycles. The number of ether oxygens (including phenoxy) is 1. The van der Waals surface area contributed by atoms with Crippen LogP contribution in [0, 0.1) is 0 Å². The fourth-order valence-electron chi connectivity index (χ4n) is 0.773. The zero-order chi connectivity index (χ0) is 5.82. The van der Waals surface area contributed by atoms with Crippen molar-refractivity contribution in [3.63, 3.8) is 0 Å². The van der Waals surface area contributed by atoms with Crippen LogP contribution < -0.4 is 5.48 Å². The Bertz CT molecular complexity index is 61.4. The Morgan fingerprint density at radius 2 is 2.62 bits per heavy atom. The minimum absolute atomic E-state index is 0.000000000000000222. The largest absolute Gasteiger partial charge is 0.351 e. The molecule has 1 heterocycles. The van der Waals surface area contributed by atoms with Gasteiger partial charge in [-0.15, -0.1) is 0 Å². The van der Waals surface area contributed by atoms with E-state index in [0.29, 0.717) is 0 Å². The molecule has 3 nitrogen and oxygen atoms in total. The molecule has 0 aromatic rings. The average molecular weight is 117 g/mol. The second-order valence-corrected chi connectivity index (χ2v) is 1.76. The van der Waals surface area contributed by atoms with Gasteiger partial charge in [0.15, 0.2) is 6.29 Å². The number of nitrogens with one attached hydrogen (secondary N) is 1. The molecule has 3 heteroatoms. The summed E-state index contributed by atoms with van der Waals surface area (Å²) in [7, 11) is 1.74. The molecule has 1 rings (SSSR count). The summed E-state index contributed by atoms with van der Waals surface area (Å²) in [4.78, 5) is 4.93. The van der Waals surface area contributed by atoms with E-state index in [2.05, 4.69) is 5.48 Å². The van der Waals surface area contributed by atoms with Crippen LogP contribution in [0.5, 0.6) is 0 Å². The van der Waals surface area contributed by atoms with Crippen molar-refractivity contribution >= 4 is 0 Å². The number of hydrogen-bond donors (Lipinski definition) is 1. The van der Waals surface area contributed by atoms with Crippen LogP contribution in [0.25, 0.3) is 0 Å². The van der Waals surface area contributed by atoms with E-state index < -0.39 is 0 Å². The third kappa shape index (κ3) is 1.43.